The second-order valence-electron chi connectivity index (χ2n) is 1.48. The monoisotopic (exact) mass is 102 g/mol. The topological polar surface area (TPSA) is 17.1 Å². The fraction of sp³-hybridized carbons (Fsp3) is 0.833. The van der Waals surface area contributed by atoms with Gasteiger partial charge in [-0.3, -0.25) is 0 Å². The van der Waals surface area contributed by atoms with E-state index in [0.29, 0.717) is 6.42 Å². The van der Waals surface area contributed by atoms with Gasteiger partial charge in [0.25, 0.3) is 0 Å². The Kier molecular flexibility index (Phi) is 2.00. The lowest BCUT2D eigenvalue weighted by atomic mass is 10.2. The molecule has 0 aliphatic carbocycles. The van der Waals surface area contributed by atoms with Crippen LogP contribution in [0, 0.1) is 0 Å². The number of hydrogen-bond acceptors (Lipinski definition) is 1. The van der Waals surface area contributed by atoms with Crippen LogP contribution in [0.5, 0.6) is 0 Å². The Labute approximate surface area is 47.5 Å². The molecule has 0 spiro atoms. The molecular weight excluding hydrogens is 88.1 g/mol. The Balaban J connectivity index is 3.71. The third-order valence-corrected chi connectivity index (χ3v) is 0.624. The van der Waals surface area contributed by atoms with Gasteiger partial charge in [0.15, 0.2) is 0 Å². The lowest BCUT2D eigenvalue weighted by Crippen LogP contribution is -1.86. The van der Waals surface area contributed by atoms with E-state index in [4.69, 9.17) is 2.74 Å². The maximum atomic E-state index is 10.4. The largest absolute Gasteiger partial charge is 0.300 e. The molecule has 0 heterocycles. The van der Waals surface area contributed by atoms with Gasteiger partial charge < -0.3 is 4.79 Å². The van der Waals surface area contributed by atoms with Gasteiger partial charge in [-0.2, -0.15) is 0 Å². The van der Waals surface area contributed by atoms with Gasteiger partial charge in [-0.1, -0.05) is 13.3 Å². The van der Waals surface area contributed by atoms with E-state index in [2.05, 4.69) is 0 Å². The van der Waals surface area contributed by atoms with Gasteiger partial charge in [0, 0.05) is 9.16 Å². The van der Waals surface area contributed by atoms with Gasteiger partial charge in [-0.15, -0.1) is 0 Å². The minimum absolute atomic E-state index is 0.0451. The van der Waals surface area contributed by atoms with E-state index in [1.165, 1.54) is 6.92 Å². The normalized spacial score (nSPS) is 15.1. The summed E-state index contributed by atoms with van der Waals surface area (Å²) in [6, 6.07) is 0. The van der Waals surface area contributed by atoms with Crippen LogP contribution in [-0.2, 0) is 4.79 Å². The molecule has 1 nitrogen and oxygen atoms in total. The minimum Gasteiger partial charge on any atom is -0.300 e. The molecule has 0 aromatic rings. The summed E-state index contributed by atoms with van der Waals surface area (Å²) in [4.78, 5) is 10.4. The number of Topliss-reactive ketones (excluding diaryl/α,β-unsaturated/α-hetero) is 1. The second kappa shape index (κ2) is 3.85. The molecule has 0 radical (unpaired) electrons. The number of carbonyl (C=O) groups excluding carboxylic acids is 1. The Morgan fingerprint density at radius 3 is 2.57 bits per heavy atom. The zero-order valence-electron chi connectivity index (χ0n) is 6.82. The van der Waals surface area contributed by atoms with Crippen LogP contribution in [0.2, 0.25) is 0 Å². The lowest BCUT2D eigenvalue weighted by Gasteiger charge is -1.86. The molecule has 0 bridgehead atoms. The number of rotatable bonds is 3. The van der Waals surface area contributed by atoms with E-state index in [9.17, 15) is 4.79 Å². The van der Waals surface area contributed by atoms with E-state index in [1.54, 1.807) is 6.92 Å². The molecule has 0 amide bonds. The van der Waals surface area contributed by atoms with Crippen molar-refractivity contribution in [1.82, 2.24) is 0 Å². The Hall–Kier alpha value is -0.330. The van der Waals surface area contributed by atoms with Crippen LogP contribution < -0.4 is 0 Å². The molecule has 1 heteroatoms. The van der Waals surface area contributed by atoms with Crippen LogP contribution in [0.1, 0.15) is 35.8 Å². The van der Waals surface area contributed by atoms with Crippen LogP contribution in [0.15, 0.2) is 0 Å². The molecule has 0 saturated carbocycles. The Morgan fingerprint density at radius 2 is 2.43 bits per heavy atom. The Bertz CT molecular complexity index is 110. The summed E-state index contributed by atoms with van der Waals surface area (Å²) in [6.07, 6.45) is -0.831. The standard InChI is InChI=1S/C6H12O/c1-3-4-5-6(2)7/h3-5H2,1-2H3/i4D2. The van der Waals surface area contributed by atoms with Crippen LogP contribution in [0.3, 0.4) is 0 Å². The molecule has 0 rings (SSSR count). The summed E-state index contributed by atoms with van der Waals surface area (Å²) in [5.74, 6) is -0.0816. The van der Waals surface area contributed by atoms with Crippen LogP contribution >= 0.6 is 0 Å². The number of hydrogen-bond donors (Lipinski definition) is 0. The zero-order chi connectivity index (χ0) is 7.49. The van der Waals surface area contributed by atoms with E-state index in [-0.39, 0.29) is 12.2 Å². The average Bonchev–Trinajstić information content (AvgIpc) is 1.63. The van der Waals surface area contributed by atoms with Gasteiger partial charge in [-0.25, -0.2) is 0 Å². The molecule has 0 unspecified atom stereocenters. The third kappa shape index (κ3) is 5.67. The zero-order valence-corrected chi connectivity index (χ0v) is 4.82. The molecule has 0 N–H and O–H groups in total. The van der Waals surface area contributed by atoms with Crippen molar-refractivity contribution in [2.75, 3.05) is 0 Å². The summed E-state index contributed by atoms with van der Waals surface area (Å²) >= 11 is 0. The highest BCUT2D eigenvalue weighted by atomic mass is 16.1. The van der Waals surface area contributed by atoms with E-state index in [1.807, 2.05) is 0 Å². The molecule has 0 aliphatic heterocycles. The smallest absolute Gasteiger partial charge is 0.129 e. The highest BCUT2D eigenvalue weighted by molar-refractivity contribution is 5.75. The quantitative estimate of drug-likeness (QED) is 0.530. The minimum atomic E-state index is -1.29. The lowest BCUT2D eigenvalue weighted by molar-refractivity contribution is -0.117. The fourth-order valence-corrected chi connectivity index (χ4v) is 0.301. The highest BCUT2D eigenvalue weighted by Crippen LogP contribution is 1.92. The van der Waals surface area contributed by atoms with Crippen molar-refractivity contribution in [2.45, 2.75) is 33.1 Å². The fourth-order valence-electron chi connectivity index (χ4n) is 0.301. The average molecular weight is 102 g/mol. The summed E-state index contributed by atoms with van der Waals surface area (Å²) in [5, 5.41) is 0. The first kappa shape index (κ1) is 3.65. The first-order valence-corrected chi connectivity index (χ1v) is 2.47. The summed E-state index contributed by atoms with van der Waals surface area (Å²) in [6.45, 7) is 3.15. The van der Waals surface area contributed by atoms with Crippen molar-refractivity contribution in [3.8, 4) is 0 Å². The predicted octanol–water partition coefficient (Wildman–Crippen LogP) is 1.77. The van der Waals surface area contributed by atoms with Crippen LogP contribution in [0.25, 0.3) is 0 Å². The Morgan fingerprint density at radius 1 is 1.86 bits per heavy atom. The van der Waals surface area contributed by atoms with Crippen LogP contribution in [-0.4, -0.2) is 5.78 Å². The maximum absolute atomic E-state index is 10.4. The van der Waals surface area contributed by atoms with Gasteiger partial charge in [0.1, 0.15) is 5.78 Å². The molecule has 42 valence electrons. The number of carbonyl (C=O) groups is 1. The summed E-state index contributed by atoms with van der Waals surface area (Å²) in [5.41, 5.74) is 0. The van der Waals surface area contributed by atoms with Crippen molar-refractivity contribution >= 4 is 5.78 Å². The first-order valence-electron chi connectivity index (χ1n) is 3.47. The first-order chi connectivity index (χ1) is 3.98. The molecule has 0 aromatic carbocycles. The van der Waals surface area contributed by atoms with Gasteiger partial charge >= 0.3 is 0 Å². The van der Waals surface area contributed by atoms with Crippen molar-refractivity contribution in [2.24, 2.45) is 0 Å². The number of ketones is 1. The predicted molar refractivity (Wildman–Crippen MR) is 30.2 cm³/mol. The molecule has 7 heavy (non-hydrogen) atoms. The third-order valence-electron chi connectivity index (χ3n) is 0.624. The maximum Gasteiger partial charge on any atom is 0.129 e. The van der Waals surface area contributed by atoms with Crippen LogP contribution in [0.4, 0.5) is 0 Å². The highest BCUT2D eigenvalue weighted by Gasteiger charge is 1.87. The van der Waals surface area contributed by atoms with Crippen molar-refractivity contribution in [3.63, 3.8) is 0 Å². The van der Waals surface area contributed by atoms with E-state index >= 15 is 0 Å². The SMILES string of the molecule is [2H]C([2H])(CC)CC(C)=O. The summed E-state index contributed by atoms with van der Waals surface area (Å²) in [7, 11) is 0. The molecule has 0 atom stereocenters. The van der Waals surface area contributed by atoms with Crippen molar-refractivity contribution in [3.05, 3.63) is 0 Å². The van der Waals surface area contributed by atoms with Crippen molar-refractivity contribution < 1.29 is 7.54 Å². The van der Waals surface area contributed by atoms with E-state index < -0.39 is 6.37 Å². The van der Waals surface area contributed by atoms with Gasteiger partial charge in [0.2, 0.25) is 0 Å². The van der Waals surface area contributed by atoms with Gasteiger partial charge in [-0.05, 0) is 13.3 Å². The molecule has 0 aliphatic rings. The van der Waals surface area contributed by atoms with Crippen molar-refractivity contribution in [1.29, 1.82) is 0 Å². The molecule has 0 aromatic heterocycles. The van der Waals surface area contributed by atoms with E-state index in [0.717, 1.165) is 0 Å². The molecule has 0 fully saturated rings. The van der Waals surface area contributed by atoms with Gasteiger partial charge in [0.05, 0.1) is 0 Å². The summed E-state index contributed by atoms with van der Waals surface area (Å²) < 4.78 is 14.3. The molecular formula is C6H12O. The molecule has 0 saturated heterocycles. The second-order valence-corrected chi connectivity index (χ2v) is 1.48.